The molecule has 2 heterocycles. The van der Waals surface area contributed by atoms with E-state index in [1.54, 1.807) is 13.1 Å². The van der Waals surface area contributed by atoms with Gasteiger partial charge < -0.3 is 14.4 Å². The first kappa shape index (κ1) is 17.0. The summed E-state index contributed by atoms with van der Waals surface area (Å²) in [5.74, 6) is 0.525. The van der Waals surface area contributed by atoms with Crippen LogP contribution in [0.1, 0.15) is 5.56 Å². The lowest BCUT2D eigenvalue weighted by Gasteiger charge is -2.18. The Morgan fingerprint density at radius 1 is 1.22 bits per heavy atom. The fourth-order valence-corrected chi connectivity index (χ4v) is 2.91. The maximum absolute atomic E-state index is 13.4. The van der Waals surface area contributed by atoms with Crippen molar-refractivity contribution in [2.75, 3.05) is 13.8 Å². The fourth-order valence-electron chi connectivity index (χ4n) is 2.91. The van der Waals surface area contributed by atoms with Gasteiger partial charge in [-0.2, -0.15) is 0 Å². The molecule has 3 aromatic rings. The van der Waals surface area contributed by atoms with Gasteiger partial charge in [0, 0.05) is 13.6 Å². The number of likely N-dealkylation sites (N-methyl/N-ethyl adjacent to an activating group) is 1. The first-order valence-electron chi connectivity index (χ1n) is 8.28. The molecule has 27 heavy (non-hydrogen) atoms. The molecule has 0 unspecified atom stereocenters. The van der Waals surface area contributed by atoms with Crippen LogP contribution in [0.15, 0.2) is 47.5 Å². The predicted octanol–water partition coefficient (Wildman–Crippen LogP) is 1.92. The molecular formula is C19H16FN3O4. The zero-order chi connectivity index (χ0) is 19.0. The van der Waals surface area contributed by atoms with Gasteiger partial charge in [-0.25, -0.2) is 9.37 Å². The number of hydrogen-bond donors (Lipinski definition) is 0. The summed E-state index contributed by atoms with van der Waals surface area (Å²) in [6.45, 7) is 0.352. The van der Waals surface area contributed by atoms with Crippen molar-refractivity contribution < 1.29 is 18.7 Å². The molecule has 0 atom stereocenters. The number of amides is 1. The van der Waals surface area contributed by atoms with Gasteiger partial charge in [0.25, 0.3) is 5.56 Å². The van der Waals surface area contributed by atoms with Crippen LogP contribution in [0.3, 0.4) is 0 Å². The van der Waals surface area contributed by atoms with Crippen molar-refractivity contribution in [3.8, 4) is 11.5 Å². The highest BCUT2D eigenvalue weighted by atomic mass is 19.1. The van der Waals surface area contributed by atoms with Crippen molar-refractivity contribution in [2.45, 2.75) is 13.1 Å². The van der Waals surface area contributed by atoms with Crippen molar-refractivity contribution in [1.82, 2.24) is 14.5 Å². The number of carbonyl (C=O) groups excluding carboxylic acids is 1. The van der Waals surface area contributed by atoms with Crippen LogP contribution in [0.25, 0.3) is 10.9 Å². The van der Waals surface area contributed by atoms with E-state index in [0.717, 1.165) is 11.6 Å². The highest BCUT2D eigenvalue weighted by Gasteiger charge is 2.16. The Balaban J connectivity index is 1.51. The normalized spacial score (nSPS) is 12.4. The van der Waals surface area contributed by atoms with E-state index < -0.39 is 11.4 Å². The molecule has 0 N–H and O–H groups in total. The molecule has 1 aliphatic heterocycles. The summed E-state index contributed by atoms with van der Waals surface area (Å²) in [7, 11) is 1.64. The monoisotopic (exact) mass is 369 g/mol. The summed E-state index contributed by atoms with van der Waals surface area (Å²) in [5, 5.41) is 0.142. The molecule has 2 aromatic carbocycles. The molecule has 1 aliphatic rings. The summed E-state index contributed by atoms with van der Waals surface area (Å²) in [6.07, 6.45) is 1.30. The maximum Gasteiger partial charge on any atom is 0.261 e. The molecule has 1 aromatic heterocycles. The Morgan fingerprint density at radius 2 is 2.04 bits per heavy atom. The van der Waals surface area contributed by atoms with Crippen LogP contribution < -0.4 is 15.0 Å². The van der Waals surface area contributed by atoms with E-state index in [1.165, 1.54) is 27.9 Å². The number of aromatic nitrogens is 2. The standard InChI is InChI=1S/C19H16FN3O4/c1-22(8-12-2-5-16-17(6-12)27-11-26-16)18(24)9-23-10-21-15-4-3-13(20)7-14(15)19(23)25/h2-7,10H,8-9,11H2,1H3. The minimum Gasteiger partial charge on any atom is -0.454 e. The largest absolute Gasteiger partial charge is 0.454 e. The van der Waals surface area contributed by atoms with Crippen molar-refractivity contribution in [2.24, 2.45) is 0 Å². The third-order valence-corrected chi connectivity index (χ3v) is 4.37. The molecule has 0 fully saturated rings. The van der Waals surface area contributed by atoms with Gasteiger partial charge in [0.1, 0.15) is 12.4 Å². The molecule has 0 bridgehead atoms. The Morgan fingerprint density at radius 3 is 2.89 bits per heavy atom. The summed E-state index contributed by atoms with van der Waals surface area (Å²) in [4.78, 5) is 30.6. The number of benzene rings is 2. The van der Waals surface area contributed by atoms with Gasteiger partial charge in [0.2, 0.25) is 12.7 Å². The number of ether oxygens (including phenoxy) is 2. The van der Waals surface area contributed by atoms with Gasteiger partial charge >= 0.3 is 0 Å². The zero-order valence-corrected chi connectivity index (χ0v) is 14.5. The van der Waals surface area contributed by atoms with Gasteiger partial charge in [-0.3, -0.25) is 14.2 Å². The minimum atomic E-state index is -0.523. The van der Waals surface area contributed by atoms with Gasteiger partial charge in [-0.05, 0) is 35.9 Å². The van der Waals surface area contributed by atoms with Crippen LogP contribution >= 0.6 is 0 Å². The Kier molecular flexibility index (Phi) is 4.23. The van der Waals surface area contributed by atoms with Crippen molar-refractivity contribution in [1.29, 1.82) is 0 Å². The van der Waals surface area contributed by atoms with E-state index in [9.17, 15) is 14.0 Å². The molecule has 7 nitrogen and oxygen atoms in total. The van der Waals surface area contributed by atoms with Crippen LogP contribution in [0.5, 0.6) is 11.5 Å². The Labute approximate surface area is 153 Å². The Hall–Kier alpha value is -3.42. The van der Waals surface area contributed by atoms with E-state index in [4.69, 9.17) is 9.47 Å². The van der Waals surface area contributed by atoms with E-state index in [-0.39, 0.29) is 24.6 Å². The third kappa shape index (κ3) is 3.33. The first-order valence-corrected chi connectivity index (χ1v) is 8.28. The van der Waals surface area contributed by atoms with E-state index >= 15 is 0 Å². The number of fused-ring (bicyclic) bond motifs is 2. The molecule has 0 radical (unpaired) electrons. The predicted molar refractivity (Wildman–Crippen MR) is 95.0 cm³/mol. The lowest BCUT2D eigenvalue weighted by Crippen LogP contribution is -2.33. The lowest BCUT2D eigenvalue weighted by molar-refractivity contribution is -0.131. The fraction of sp³-hybridized carbons (Fsp3) is 0.211. The minimum absolute atomic E-state index is 0.142. The van der Waals surface area contributed by atoms with Crippen LogP contribution in [0.2, 0.25) is 0 Å². The quantitative estimate of drug-likeness (QED) is 0.703. The zero-order valence-electron chi connectivity index (χ0n) is 14.5. The second-order valence-electron chi connectivity index (χ2n) is 6.28. The molecule has 8 heteroatoms. The lowest BCUT2D eigenvalue weighted by atomic mass is 10.2. The molecule has 1 amide bonds. The van der Waals surface area contributed by atoms with Gasteiger partial charge in [0.15, 0.2) is 11.5 Å². The summed E-state index contributed by atoms with van der Waals surface area (Å²) < 4.78 is 25.2. The number of rotatable bonds is 4. The van der Waals surface area contributed by atoms with E-state index in [2.05, 4.69) is 4.98 Å². The summed E-state index contributed by atoms with van der Waals surface area (Å²) >= 11 is 0. The molecule has 4 rings (SSSR count). The summed E-state index contributed by atoms with van der Waals surface area (Å²) in [6, 6.07) is 9.26. The highest BCUT2D eigenvalue weighted by Crippen LogP contribution is 2.32. The van der Waals surface area contributed by atoms with E-state index in [1.807, 2.05) is 12.1 Å². The summed E-state index contributed by atoms with van der Waals surface area (Å²) in [5.41, 5.74) is 0.810. The van der Waals surface area contributed by atoms with Crippen molar-refractivity contribution >= 4 is 16.8 Å². The first-order chi connectivity index (χ1) is 13.0. The molecule has 0 saturated heterocycles. The van der Waals surface area contributed by atoms with Crippen LogP contribution in [-0.2, 0) is 17.9 Å². The van der Waals surface area contributed by atoms with Crippen LogP contribution in [-0.4, -0.2) is 34.2 Å². The van der Waals surface area contributed by atoms with Crippen LogP contribution in [0.4, 0.5) is 4.39 Å². The Bertz CT molecular complexity index is 1100. The molecular weight excluding hydrogens is 353 g/mol. The topological polar surface area (TPSA) is 73.7 Å². The number of carbonyl (C=O) groups is 1. The van der Waals surface area contributed by atoms with Gasteiger partial charge in [0.05, 0.1) is 17.2 Å². The molecule has 0 saturated carbocycles. The number of nitrogens with zero attached hydrogens (tertiary/aromatic N) is 3. The van der Waals surface area contributed by atoms with E-state index in [0.29, 0.717) is 23.6 Å². The van der Waals surface area contributed by atoms with Crippen molar-refractivity contribution in [3.63, 3.8) is 0 Å². The van der Waals surface area contributed by atoms with Gasteiger partial charge in [-0.15, -0.1) is 0 Å². The highest BCUT2D eigenvalue weighted by molar-refractivity contribution is 5.79. The van der Waals surface area contributed by atoms with Crippen LogP contribution in [0, 0.1) is 5.82 Å². The molecule has 0 aliphatic carbocycles. The SMILES string of the molecule is CN(Cc1ccc2c(c1)OCO2)C(=O)Cn1cnc2ccc(F)cc2c1=O. The average Bonchev–Trinajstić information content (AvgIpc) is 3.12. The second kappa shape index (κ2) is 6.71. The number of halogens is 1. The third-order valence-electron chi connectivity index (χ3n) is 4.37. The number of hydrogen-bond acceptors (Lipinski definition) is 5. The molecule has 138 valence electrons. The smallest absolute Gasteiger partial charge is 0.261 e. The second-order valence-corrected chi connectivity index (χ2v) is 6.28. The maximum atomic E-state index is 13.4. The van der Waals surface area contributed by atoms with Crippen molar-refractivity contribution in [3.05, 3.63) is 64.5 Å². The molecule has 0 spiro atoms. The van der Waals surface area contributed by atoms with Gasteiger partial charge in [-0.1, -0.05) is 6.07 Å². The average molecular weight is 369 g/mol.